The van der Waals surface area contributed by atoms with Gasteiger partial charge in [0.1, 0.15) is 11.9 Å². The number of carbonyl (C=O) groups is 2. The Morgan fingerprint density at radius 3 is 2.24 bits per heavy atom. The maximum atomic E-state index is 13.1. The van der Waals surface area contributed by atoms with Gasteiger partial charge in [0.25, 0.3) is 0 Å². The fourth-order valence-electron chi connectivity index (χ4n) is 2.13. The second-order valence-corrected chi connectivity index (χ2v) is 6.59. The molecule has 0 aliphatic heterocycles. The number of ketones is 1. The monoisotopic (exact) mass is 339 g/mol. The van der Waals surface area contributed by atoms with Gasteiger partial charge in [-0.15, -0.1) is 0 Å². The minimum absolute atomic E-state index is 0.238. The van der Waals surface area contributed by atoms with Crippen molar-refractivity contribution in [2.24, 2.45) is 5.41 Å². The molecule has 0 fully saturated rings. The van der Waals surface area contributed by atoms with Crippen LogP contribution < -0.4 is 0 Å². The molecule has 2 rings (SSSR count). The van der Waals surface area contributed by atoms with E-state index in [4.69, 9.17) is 4.74 Å². The number of ether oxygens (including phenoxy) is 1. The minimum Gasteiger partial charge on any atom is -0.441 e. The molecule has 0 amide bonds. The Bertz CT molecular complexity index is 829. The lowest BCUT2D eigenvalue weighted by atomic mass is 9.94. The highest BCUT2D eigenvalue weighted by Crippen LogP contribution is 2.27. The Morgan fingerprint density at radius 2 is 1.68 bits per heavy atom. The first-order chi connectivity index (χ1) is 11.7. The molecule has 0 aliphatic rings. The average Bonchev–Trinajstić information content (AvgIpc) is 2.58. The van der Waals surface area contributed by atoms with Crippen LogP contribution in [0, 0.1) is 22.6 Å². The fourth-order valence-corrected chi connectivity index (χ4v) is 2.13. The zero-order valence-corrected chi connectivity index (χ0v) is 14.2. The van der Waals surface area contributed by atoms with Crippen molar-refractivity contribution in [3.8, 4) is 6.07 Å². The molecule has 0 unspecified atom stereocenters. The molecule has 128 valence electrons. The summed E-state index contributed by atoms with van der Waals surface area (Å²) in [6.45, 7) is 5.04. The molecule has 0 N–H and O–H groups in total. The number of carbonyl (C=O) groups excluding carboxylic acids is 2. The lowest BCUT2D eigenvalue weighted by Crippen LogP contribution is -2.25. The van der Waals surface area contributed by atoms with E-state index in [0.29, 0.717) is 5.56 Å². The summed E-state index contributed by atoms with van der Waals surface area (Å²) in [5.41, 5.74) is 0.0531. The van der Waals surface area contributed by atoms with Gasteiger partial charge < -0.3 is 4.74 Å². The maximum absolute atomic E-state index is 13.1. The number of nitriles is 1. The number of hydrogen-bond acceptors (Lipinski definition) is 4. The standard InChI is InChI=1S/C20H18FNO3/c1-20(2,3)19(24)25-17(12-22)15-6-4-5-7-16(15)18(23)13-8-10-14(21)11-9-13/h4-11,17H,1-3H3/t17-/m1/s1. The Balaban J connectivity index is 2.39. The van der Waals surface area contributed by atoms with Gasteiger partial charge in [0.05, 0.1) is 5.41 Å². The van der Waals surface area contributed by atoms with Gasteiger partial charge in [-0.1, -0.05) is 24.3 Å². The van der Waals surface area contributed by atoms with Crippen molar-refractivity contribution in [3.63, 3.8) is 0 Å². The van der Waals surface area contributed by atoms with Crippen molar-refractivity contribution < 1.29 is 18.7 Å². The van der Waals surface area contributed by atoms with Crippen LogP contribution in [-0.4, -0.2) is 11.8 Å². The van der Waals surface area contributed by atoms with E-state index in [1.54, 1.807) is 45.0 Å². The number of benzene rings is 2. The van der Waals surface area contributed by atoms with Crippen LogP contribution in [0.25, 0.3) is 0 Å². The molecule has 5 heteroatoms. The quantitative estimate of drug-likeness (QED) is 0.618. The van der Waals surface area contributed by atoms with Gasteiger partial charge in [-0.05, 0) is 45.0 Å². The van der Waals surface area contributed by atoms with E-state index in [0.717, 1.165) is 0 Å². The average molecular weight is 339 g/mol. The topological polar surface area (TPSA) is 67.2 Å². The molecule has 0 radical (unpaired) electrons. The Morgan fingerprint density at radius 1 is 1.08 bits per heavy atom. The zero-order valence-electron chi connectivity index (χ0n) is 14.2. The third-order valence-corrected chi connectivity index (χ3v) is 3.55. The molecule has 0 heterocycles. The zero-order chi connectivity index (χ0) is 18.6. The Kier molecular flexibility index (Phi) is 5.33. The van der Waals surface area contributed by atoms with Crippen molar-refractivity contribution in [2.75, 3.05) is 0 Å². The van der Waals surface area contributed by atoms with E-state index in [2.05, 4.69) is 0 Å². The van der Waals surface area contributed by atoms with E-state index in [9.17, 15) is 19.2 Å². The van der Waals surface area contributed by atoms with Crippen molar-refractivity contribution in [3.05, 3.63) is 71.0 Å². The summed E-state index contributed by atoms with van der Waals surface area (Å²) in [5.74, 6) is -1.36. The van der Waals surface area contributed by atoms with Gasteiger partial charge in [0.15, 0.2) is 5.78 Å². The lowest BCUT2D eigenvalue weighted by Gasteiger charge is -2.20. The largest absolute Gasteiger partial charge is 0.441 e. The SMILES string of the molecule is CC(C)(C)C(=O)O[C@H](C#N)c1ccccc1C(=O)c1ccc(F)cc1. The Hall–Kier alpha value is -3.00. The number of hydrogen-bond donors (Lipinski definition) is 0. The number of rotatable bonds is 4. The van der Waals surface area contributed by atoms with E-state index in [1.807, 2.05) is 6.07 Å². The summed E-state index contributed by atoms with van der Waals surface area (Å²) in [6, 6.07) is 13.5. The molecule has 0 saturated heterocycles. The van der Waals surface area contributed by atoms with Gasteiger partial charge in [-0.3, -0.25) is 9.59 Å². The first-order valence-corrected chi connectivity index (χ1v) is 7.74. The van der Waals surface area contributed by atoms with Gasteiger partial charge in [0, 0.05) is 16.7 Å². The normalized spacial score (nSPS) is 12.1. The highest BCUT2D eigenvalue weighted by molar-refractivity contribution is 6.10. The van der Waals surface area contributed by atoms with Crippen LogP contribution >= 0.6 is 0 Å². The van der Waals surface area contributed by atoms with Gasteiger partial charge >= 0.3 is 5.97 Å². The lowest BCUT2D eigenvalue weighted by molar-refractivity contribution is -0.156. The van der Waals surface area contributed by atoms with Crippen LogP contribution in [-0.2, 0) is 9.53 Å². The van der Waals surface area contributed by atoms with Crippen LogP contribution in [0.3, 0.4) is 0 Å². The molecule has 1 atom stereocenters. The van der Waals surface area contributed by atoms with E-state index in [-0.39, 0.29) is 16.9 Å². The predicted octanol–water partition coefficient (Wildman–Crippen LogP) is 4.21. The Labute approximate surface area is 145 Å². The van der Waals surface area contributed by atoms with Crippen LogP contribution in [0.2, 0.25) is 0 Å². The second-order valence-electron chi connectivity index (χ2n) is 6.59. The first kappa shape index (κ1) is 18.3. The van der Waals surface area contributed by atoms with Crippen LogP contribution in [0.4, 0.5) is 4.39 Å². The third-order valence-electron chi connectivity index (χ3n) is 3.55. The molecular weight excluding hydrogens is 321 g/mol. The number of esters is 1. The molecule has 0 saturated carbocycles. The van der Waals surface area contributed by atoms with Gasteiger partial charge in [0.2, 0.25) is 6.10 Å². The first-order valence-electron chi connectivity index (χ1n) is 7.74. The molecule has 2 aromatic carbocycles. The van der Waals surface area contributed by atoms with Crippen molar-refractivity contribution in [1.82, 2.24) is 0 Å². The highest BCUT2D eigenvalue weighted by atomic mass is 19.1. The van der Waals surface area contributed by atoms with Crippen molar-refractivity contribution in [2.45, 2.75) is 26.9 Å². The summed E-state index contributed by atoms with van der Waals surface area (Å²) in [4.78, 5) is 24.8. The molecule has 0 spiro atoms. The van der Waals surface area contributed by atoms with Gasteiger partial charge in [-0.2, -0.15) is 5.26 Å². The summed E-state index contributed by atoms with van der Waals surface area (Å²) < 4.78 is 18.3. The fraction of sp³-hybridized carbons (Fsp3) is 0.250. The summed E-state index contributed by atoms with van der Waals surface area (Å²) in [5, 5.41) is 9.42. The number of nitrogens with zero attached hydrogens (tertiary/aromatic N) is 1. The molecule has 25 heavy (non-hydrogen) atoms. The number of halogens is 1. The highest BCUT2D eigenvalue weighted by Gasteiger charge is 2.29. The van der Waals surface area contributed by atoms with Crippen LogP contribution in [0.15, 0.2) is 48.5 Å². The summed E-state index contributed by atoms with van der Waals surface area (Å²) in [6.07, 6.45) is -1.20. The molecule has 4 nitrogen and oxygen atoms in total. The summed E-state index contributed by atoms with van der Waals surface area (Å²) >= 11 is 0. The predicted molar refractivity (Wildman–Crippen MR) is 90.2 cm³/mol. The van der Waals surface area contributed by atoms with Crippen molar-refractivity contribution in [1.29, 1.82) is 5.26 Å². The molecule has 0 bridgehead atoms. The van der Waals surface area contributed by atoms with Crippen LogP contribution in [0.1, 0.15) is 48.4 Å². The smallest absolute Gasteiger partial charge is 0.312 e. The van der Waals surface area contributed by atoms with Crippen LogP contribution in [0.5, 0.6) is 0 Å². The minimum atomic E-state index is -1.20. The van der Waals surface area contributed by atoms with E-state index in [1.165, 1.54) is 24.3 Å². The maximum Gasteiger partial charge on any atom is 0.312 e. The molecular formula is C20H18FNO3. The molecule has 0 aromatic heterocycles. The van der Waals surface area contributed by atoms with Gasteiger partial charge in [-0.25, -0.2) is 4.39 Å². The molecule has 2 aromatic rings. The summed E-state index contributed by atoms with van der Waals surface area (Å²) in [7, 11) is 0. The van der Waals surface area contributed by atoms with E-state index >= 15 is 0 Å². The molecule has 0 aliphatic carbocycles. The third kappa shape index (κ3) is 4.30. The van der Waals surface area contributed by atoms with E-state index < -0.39 is 23.3 Å². The second kappa shape index (κ2) is 7.27. The van der Waals surface area contributed by atoms with Crippen molar-refractivity contribution >= 4 is 11.8 Å².